The summed E-state index contributed by atoms with van der Waals surface area (Å²) in [5.41, 5.74) is 1.40. The molecule has 0 heterocycles. The van der Waals surface area contributed by atoms with Crippen molar-refractivity contribution >= 4 is 0 Å². The molecule has 0 aliphatic carbocycles. The molecular weight excluding hydrogens is 256 g/mol. The molecule has 21 heavy (non-hydrogen) atoms. The zero-order chi connectivity index (χ0) is 16.3. The van der Waals surface area contributed by atoms with Crippen molar-refractivity contribution in [2.24, 2.45) is 0 Å². The Labute approximate surface area is 133 Å². The van der Waals surface area contributed by atoms with E-state index < -0.39 is 0 Å². The highest BCUT2D eigenvalue weighted by Gasteiger charge is 2.09. The number of benzene rings is 1. The standard InChI is InChI=1S/C11H17N.C8H19N/c1-3-12(4-2)10-11-8-6-5-7-9-11;1-6-9(7(2)3)8(4)5/h5-9H,3-4,10H2,1-2H3;7-8H,6H2,1-5H3. The van der Waals surface area contributed by atoms with E-state index in [2.05, 4.69) is 88.6 Å². The predicted octanol–water partition coefficient (Wildman–Crippen LogP) is 4.65. The topological polar surface area (TPSA) is 6.48 Å². The van der Waals surface area contributed by atoms with Crippen LogP contribution in [0.4, 0.5) is 0 Å². The van der Waals surface area contributed by atoms with Gasteiger partial charge < -0.3 is 0 Å². The van der Waals surface area contributed by atoms with Crippen molar-refractivity contribution < 1.29 is 0 Å². The summed E-state index contributed by atoms with van der Waals surface area (Å²) in [4.78, 5) is 4.87. The second-order valence-electron chi connectivity index (χ2n) is 5.96. The fourth-order valence-corrected chi connectivity index (χ4v) is 2.62. The molecule has 1 rings (SSSR count). The van der Waals surface area contributed by atoms with Crippen LogP contribution < -0.4 is 0 Å². The molecule has 0 aromatic heterocycles. The van der Waals surface area contributed by atoms with Gasteiger partial charge in [0.2, 0.25) is 0 Å². The molecule has 0 saturated heterocycles. The van der Waals surface area contributed by atoms with Crippen LogP contribution in [0.3, 0.4) is 0 Å². The molecule has 0 aliphatic heterocycles. The number of rotatable bonds is 7. The van der Waals surface area contributed by atoms with Crippen molar-refractivity contribution in [3.63, 3.8) is 0 Å². The third kappa shape index (κ3) is 8.90. The molecule has 2 heteroatoms. The Morgan fingerprint density at radius 2 is 1.24 bits per heavy atom. The first-order valence-corrected chi connectivity index (χ1v) is 8.48. The lowest BCUT2D eigenvalue weighted by atomic mass is 10.2. The smallest absolute Gasteiger partial charge is 0.0233 e. The third-order valence-electron chi connectivity index (χ3n) is 3.84. The van der Waals surface area contributed by atoms with Crippen molar-refractivity contribution in [2.45, 2.75) is 67.1 Å². The molecule has 1 aromatic rings. The fraction of sp³-hybridized carbons (Fsp3) is 0.684. The summed E-state index contributed by atoms with van der Waals surface area (Å²) in [6.07, 6.45) is 0. The second-order valence-corrected chi connectivity index (χ2v) is 5.96. The number of nitrogens with zero attached hydrogens (tertiary/aromatic N) is 2. The van der Waals surface area contributed by atoms with Crippen molar-refractivity contribution in [2.75, 3.05) is 19.6 Å². The maximum atomic E-state index is 2.46. The van der Waals surface area contributed by atoms with Crippen LogP contribution in [0.5, 0.6) is 0 Å². The minimum atomic E-state index is 0.690. The van der Waals surface area contributed by atoms with Gasteiger partial charge in [-0.25, -0.2) is 0 Å². The Kier molecular flexibility index (Phi) is 11.3. The Bertz CT molecular complexity index is 321. The van der Waals surface area contributed by atoms with Gasteiger partial charge >= 0.3 is 0 Å². The van der Waals surface area contributed by atoms with Crippen LogP contribution in [0.25, 0.3) is 0 Å². The lowest BCUT2D eigenvalue weighted by molar-refractivity contribution is 0.185. The van der Waals surface area contributed by atoms with E-state index in [-0.39, 0.29) is 0 Å². The van der Waals surface area contributed by atoms with Crippen LogP contribution in [0, 0.1) is 0 Å². The first kappa shape index (κ1) is 20.1. The average Bonchev–Trinajstić information content (AvgIpc) is 2.46. The average molecular weight is 293 g/mol. The van der Waals surface area contributed by atoms with Crippen LogP contribution in [-0.2, 0) is 6.54 Å². The van der Waals surface area contributed by atoms with E-state index in [4.69, 9.17) is 0 Å². The Morgan fingerprint density at radius 1 is 0.762 bits per heavy atom. The SMILES string of the molecule is CCN(C(C)C)C(C)C.CCN(CC)Cc1ccccc1. The van der Waals surface area contributed by atoms with Crippen molar-refractivity contribution in [1.82, 2.24) is 9.80 Å². The summed E-state index contributed by atoms with van der Waals surface area (Å²) in [7, 11) is 0. The summed E-state index contributed by atoms with van der Waals surface area (Å²) >= 11 is 0. The number of hydrogen-bond donors (Lipinski definition) is 0. The predicted molar refractivity (Wildman–Crippen MR) is 95.7 cm³/mol. The highest BCUT2D eigenvalue weighted by molar-refractivity contribution is 5.14. The summed E-state index contributed by atoms with van der Waals surface area (Å²) in [5.74, 6) is 0. The molecule has 0 N–H and O–H groups in total. The first-order valence-electron chi connectivity index (χ1n) is 8.48. The minimum Gasteiger partial charge on any atom is -0.300 e. The van der Waals surface area contributed by atoms with E-state index in [1.54, 1.807) is 0 Å². The maximum absolute atomic E-state index is 2.46. The van der Waals surface area contributed by atoms with Gasteiger partial charge in [-0.15, -0.1) is 0 Å². The van der Waals surface area contributed by atoms with Gasteiger partial charge in [-0.3, -0.25) is 9.80 Å². The van der Waals surface area contributed by atoms with Gasteiger partial charge in [0.25, 0.3) is 0 Å². The molecule has 0 amide bonds. The molecule has 0 saturated carbocycles. The summed E-state index contributed by atoms with van der Waals surface area (Å²) in [5, 5.41) is 0. The van der Waals surface area contributed by atoms with E-state index in [0.717, 1.165) is 26.2 Å². The Morgan fingerprint density at radius 3 is 1.52 bits per heavy atom. The summed E-state index contributed by atoms with van der Waals surface area (Å²) in [6.45, 7) is 20.1. The first-order chi connectivity index (χ1) is 9.96. The third-order valence-corrected chi connectivity index (χ3v) is 3.84. The molecular formula is C19H36N2. The van der Waals surface area contributed by atoms with Crippen molar-refractivity contribution in [3.8, 4) is 0 Å². The molecule has 1 aromatic carbocycles. The van der Waals surface area contributed by atoms with Crippen LogP contribution >= 0.6 is 0 Å². The molecule has 0 spiro atoms. The maximum Gasteiger partial charge on any atom is 0.0233 e. The lowest BCUT2D eigenvalue weighted by Crippen LogP contribution is -2.36. The van der Waals surface area contributed by atoms with E-state index in [9.17, 15) is 0 Å². The van der Waals surface area contributed by atoms with Gasteiger partial charge in [-0.1, -0.05) is 51.1 Å². The van der Waals surface area contributed by atoms with E-state index in [0.29, 0.717) is 12.1 Å². The summed E-state index contributed by atoms with van der Waals surface area (Å²) < 4.78 is 0. The molecule has 122 valence electrons. The van der Waals surface area contributed by atoms with Crippen LogP contribution in [0.2, 0.25) is 0 Å². The highest BCUT2D eigenvalue weighted by atomic mass is 15.2. The van der Waals surface area contributed by atoms with E-state index in [1.165, 1.54) is 5.56 Å². The molecule has 0 bridgehead atoms. The monoisotopic (exact) mass is 292 g/mol. The van der Waals surface area contributed by atoms with Crippen molar-refractivity contribution in [1.29, 1.82) is 0 Å². The van der Waals surface area contributed by atoms with Gasteiger partial charge in [-0.2, -0.15) is 0 Å². The molecule has 2 nitrogen and oxygen atoms in total. The van der Waals surface area contributed by atoms with Gasteiger partial charge in [0, 0.05) is 18.6 Å². The van der Waals surface area contributed by atoms with Crippen LogP contribution in [0.15, 0.2) is 30.3 Å². The molecule has 0 fully saturated rings. The molecule has 0 aliphatic rings. The molecule has 0 radical (unpaired) electrons. The zero-order valence-corrected chi connectivity index (χ0v) is 15.3. The fourth-order valence-electron chi connectivity index (χ4n) is 2.62. The van der Waals surface area contributed by atoms with Gasteiger partial charge in [0.1, 0.15) is 0 Å². The molecule has 0 atom stereocenters. The van der Waals surface area contributed by atoms with Gasteiger partial charge in [0.15, 0.2) is 0 Å². The number of hydrogen-bond acceptors (Lipinski definition) is 2. The van der Waals surface area contributed by atoms with Gasteiger partial charge in [0.05, 0.1) is 0 Å². The minimum absolute atomic E-state index is 0.690. The molecule has 0 unspecified atom stereocenters. The lowest BCUT2D eigenvalue weighted by Gasteiger charge is -2.28. The second kappa shape index (κ2) is 11.8. The van der Waals surface area contributed by atoms with Crippen LogP contribution in [0.1, 0.15) is 54.0 Å². The van der Waals surface area contributed by atoms with Gasteiger partial charge in [-0.05, 0) is 52.9 Å². The Balaban J connectivity index is 0.000000400. The Hall–Kier alpha value is -0.860. The van der Waals surface area contributed by atoms with E-state index in [1.807, 2.05) is 0 Å². The summed E-state index contributed by atoms with van der Waals surface area (Å²) in [6, 6.07) is 12.0. The zero-order valence-electron chi connectivity index (χ0n) is 15.3. The largest absolute Gasteiger partial charge is 0.300 e. The van der Waals surface area contributed by atoms with E-state index >= 15 is 0 Å². The van der Waals surface area contributed by atoms with Crippen molar-refractivity contribution in [3.05, 3.63) is 35.9 Å². The highest BCUT2D eigenvalue weighted by Crippen LogP contribution is 2.03. The normalized spacial score (nSPS) is 11.2. The quantitative estimate of drug-likeness (QED) is 0.721. The van der Waals surface area contributed by atoms with Crippen LogP contribution in [-0.4, -0.2) is 41.5 Å².